The standard InChI is InChI=1S/C41H41Cl2F2N3O6.H2O/c42-33-21-46-22-34(43)32(33)20-36(30-11-12-35(53-40(44)45)37(19-30)51-25-26-9-10-26)52-39(49)18-27-5-4-6-28(17-27)23-48(31-7-2-1-3-8-31)41(50)54-38-24-47-15-13-29(38)14-16-47;/h1-8,11-12,17,19,21-22,26,29,36,38,40H,9-10,13-16,18,20,23-25H2;1H2/t36-,38-;/m0./s1. The normalized spacial score (nSPS) is 19.3. The van der Waals surface area contributed by atoms with Crippen molar-refractivity contribution < 1.29 is 47.8 Å². The van der Waals surface area contributed by atoms with E-state index in [1.54, 1.807) is 29.4 Å². The fraction of sp³-hybridized carbons (Fsp3) is 0.390. The maximum Gasteiger partial charge on any atom is 0.414 e. The van der Waals surface area contributed by atoms with E-state index in [-0.39, 0.29) is 42.5 Å². The van der Waals surface area contributed by atoms with Crippen molar-refractivity contribution in [2.45, 2.75) is 63.9 Å². The Morgan fingerprint density at radius 2 is 1.62 bits per heavy atom. The summed E-state index contributed by atoms with van der Waals surface area (Å²) in [6.07, 6.45) is 5.76. The van der Waals surface area contributed by atoms with Gasteiger partial charge in [0.25, 0.3) is 0 Å². The summed E-state index contributed by atoms with van der Waals surface area (Å²) in [6.45, 7) is 0.381. The molecular formula is C41H43Cl2F2N3O7. The number of H-pyrrole nitrogens is 1. The summed E-state index contributed by atoms with van der Waals surface area (Å²) < 4.78 is 49.4. The second kappa shape index (κ2) is 18.4. The van der Waals surface area contributed by atoms with E-state index in [1.165, 1.54) is 6.07 Å². The minimum atomic E-state index is -3.04. The molecule has 55 heavy (non-hydrogen) atoms. The fourth-order valence-corrected chi connectivity index (χ4v) is 7.63. The van der Waals surface area contributed by atoms with E-state index in [0.29, 0.717) is 50.9 Å². The number of amides is 1. The van der Waals surface area contributed by atoms with E-state index in [4.69, 9.17) is 42.1 Å². The molecule has 2 bridgehead atoms. The van der Waals surface area contributed by atoms with E-state index in [2.05, 4.69) is 9.88 Å². The molecule has 3 aliphatic heterocycles. The van der Waals surface area contributed by atoms with Crippen LogP contribution in [0.25, 0.3) is 0 Å². The zero-order valence-corrected chi connectivity index (χ0v) is 31.6. The summed E-state index contributed by atoms with van der Waals surface area (Å²) in [5, 5.41) is 0.684. The van der Waals surface area contributed by atoms with Gasteiger partial charge in [0.2, 0.25) is 0 Å². The summed E-state index contributed by atoms with van der Waals surface area (Å²) >= 11 is 13.0. The number of anilines is 1. The van der Waals surface area contributed by atoms with Gasteiger partial charge in [-0.3, -0.25) is 14.6 Å². The molecule has 4 aromatic rings. The maximum atomic E-state index is 13.7. The number of carbonyl (C=O) groups is 2. The lowest BCUT2D eigenvalue weighted by Crippen LogP contribution is -2.53. The third-order valence-electron chi connectivity index (χ3n) is 10.2. The van der Waals surface area contributed by atoms with Crippen molar-refractivity contribution in [3.63, 3.8) is 0 Å². The zero-order chi connectivity index (χ0) is 37.6. The number of carbonyl (C=O) groups excluding carboxylic acids is 2. The average Bonchev–Trinajstić information content (AvgIpc) is 4.00. The number of aromatic amines is 1. The monoisotopic (exact) mass is 797 g/mol. The number of pyridine rings is 1. The van der Waals surface area contributed by atoms with Crippen LogP contribution in [0.3, 0.4) is 0 Å². The molecule has 4 fully saturated rings. The summed E-state index contributed by atoms with van der Waals surface area (Å²) in [5.74, 6) is 0.196. The summed E-state index contributed by atoms with van der Waals surface area (Å²) in [4.78, 5) is 34.3. The van der Waals surface area contributed by atoms with Gasteiger partial charge in [0.05, 0.1) is 19.6 Å². The van der Waals surface area contributed by atoms with Crippen molar-refractivity contribution >= 4 is 41.0 Å². The van der Waals surface area contributed by atoms with E-state index in [1.807, 2.05) is 54.6 Å². The SMILES string of the molecule is O=C(Cc1cccc(CN(C(=O)O[C@H]2CN3CCC2CC3)c2ccccc2)c1)O[C@@H](Cc1c(Cl)c[nH+]cc1Cl)c1ccc(OC(F)F)c(OCC2CC2)c1.[OH-]. The molecule has 1 aromatic heterocycles. The first-order valence-electron chi connectivity index (χ1n) is 18.3. The molecule has 292 valence electrons. The number of fused-ring (bicyclic) bond motifs is 3. The van der Waals surface area contributed by atoms with Crippen molar-refractivity contribution in [3.05, 3.63) is 117 Å². The van der Waals surface area contributed by atoms with Gasteiger partial charge in [-0.2, -0.15) is 8.78 Å². The first kappa shape index (κ1) is 40.2. The molecule has 3 aromatic carbocycles. The first-order valence-corrected chi connectivity index (χ1v) is 19.0. The van der Waals surface area contributed by atoms with Gasteiger partial charge in [-0.15, -0.1) is 0 Å². The van der Waals surface area contributed by atoms with Gasteiger partial charge in [-0.25, -0.2) is 9.78 Å². The van der Waals surface area contributed by atoms with Crippen LogP contribution >= 0.6 is 23.2 Å². The first-order chi connectivity index (χ1) is 26.2. The predicted molar refractivity (Wildman–Crippen MR) is 201 cm³/mol. The van der Waals surface area contributed by atoms with Crippen LogP contribution in [0.4, 0.5) is 19.3 Å². The zero-order valence-electron chi connectivity index (χ0n) is 30.1. The molecule has 4 aliphatic rings. The smallest absolute Gasteiger partial charge is 0.414 e. The van der Waals surface area contributed by atoms with Gasteiger partial charge in [0.1, 0.15) is 22.3 Å². The van der Waals surface area contributed by atoms with Crippen LogP contribution in [-0.4, -0.2) is 61.4 Å². The topological polar surface area (TPSA) is 122 Å². The van der Waals surface area contributed by atoms with Crippen LogP contribution in [0, 0.1) is 11.8 Å². The summed E-state index contributed by atoms with van der Waals surface area (Å²) in [7, 11) is 0. The van der Waals surface area contributed by atoms with Gasteiger partial charge in [0, 0.05) is 24.2 Å². The number of nitrogens with one attached hydrogen (secondary N) is 1. The van der Waals surface area contributed by atoms with Gasteiger partial charge in [-0.1, -0.05) is 71.7 Å². The van der Waals surface area contributed by atoms with Gasteiger partial charge in [0.15, 0.2) is 23.9 Å². The lowest BCUT2D eigenvalue weighted by molar-refractivity contribution is -0.377. The van der Waals surface area contributed by atoms with Crippen LogP contribution in [0.1, 0.15) is 54.0 Å². The highest BCUT2D eigenvalue weighted by Crippen LogP contribution is 2.38. The Hall–Kier alpha value is -4.49. The molecule has 3 saturated heterocycles. The summed E-state index contributed by atoms with van der Waals surface area (Å²) in [6, 6.07) is 21.3. The second-order valence-corrected chi connectivity index (χ2v) is 14.9. The number of aromatic nitrogens is 1. The number of nitrogens with zero attached hydrogens (tertiary/aromatic N) is 2. The third kappa shape index (κ3) is 10.6. The number of para-hydroxylation sites is 1. The van der Waals surface area contributed by atoms with E-state index in [0.717, 1.165) is 50.9 Å². The minimum Gasteiger partial charge on any atom is -0.870 e. The highest BCUT2D eigenvalue weighted by Gasteiger charge is 2.37. The van der Waals surface area contributed by atoms with Crippen LogP contribution in [0.2, 0.25) is 10.0 Å². The predicted octanol–water partition coefficient (Wildman–Crippen LogP) is 8.33. The number of ether oxygens (including phenoxy) is 4. The van der Waals surface area contributed by atoms with E-state index >= 15 is 0 Å². The molecule has 14 heteroatoms. The molecule has 0 spiro atoms. The number of rotatable bonds is 15. The van der Waals surface area contributed by atoms with E-state index < -0.39 is 24.8 Å². The molecule has 1 saturated carbocycles. The largest absolute Gasteiger partial charge is 0.870 e. The Bertz CT molecular complexity index is 1910. The van der Waals surface area contributed by atoms with Crippen molar-refractivity contribution in [3.8, 4) is 11.5 Å². The van der Waals surface area contributed by atoms with Crippen molar-refractivity contribution in [2.75, 3.05) is 31.1 Å². The molecule has 1 amide bonds. The highest BCUT2D eigenvalue weighted by molar-refractivity contribution is 6.35. The van der Waals surface area contributed by atoms with Gasteiger partial charge < -0.3 is 24.4 Å². The maximum absolute atomic E-state index is 13.7. The Labute approximate surface area is 328 Å². The van der Waals surface area contributed by atoms with Crippen molar-refractivity contribution in [2.24, 2.45) is 11.8 Å². The number of alkyl halides is 2. The fourth-order valence-electron chi connectivity index (χ4n) is 7.10. The number of halogens is 4. The van der Waals surface area contributed by atoms with Crippen LogP contribution in [0.5, 0.6) is 11.5 Å². The molecule has 8 rings (SSSR count). The molecule has 10 nitrogen and oxygen atoms in total. The average molecular weight is 799 g/mol. The third-order valence-corrected chi connectivity index (χ3v) is 10.9. The molecule has 0 radical (unpaired) electrons. The molecule has 4 heterocycles. The molecule has 2 atom stereocenters. The number of esters is 1. The molecule has 0 unspecified atom stereocenters. The lowest BCUT2D eigenvalue weighted by Gasteiger charge is -2.44. The van der Waals surface area contributed by atoms with Crippen LogP contribution < -0.4 is 19.4 Å². The van der Waals surface area contributed by atoms with Crippen molar-refractivity contribution in [1.82, 2.24) is 4.90 Å². The Balaban J connectivity index is 0.00000514. The van der Waals surface area contributed by atoms with Crippen LogP contribution in [-0.2, 0) is 33.7 Å². The number of piperidine rings is 3. The highest BCUT2D eigenvalue weighted by atomic mass is 35.5. The van der Waals surface area contributed by atoms with Gasteiger partial charge in [-0.05, 0) is 91.6 Å². The quantitative estimate of drug-likeness (QED) is 0.110. The minimum absolute atomic E-state index is 0. The molecule has 1 aliphatic carbocycles. The molecule has 2 N–H and O–H groups in total. The lowest BCUT2D eigenvalue weighted by atomic mass is 9.86. The van der Waals surface area contributed by atoms with Crippen molar-refractivity contribution in [1.29, 1.82) is 0 Å². The second-order valence-electron chi connectivity index (χ2n) is 14.1. The number of hydrogen-bond donors (Lipinski definition) is 0. The Morgan fingerprint density at radius 1 is 0.891 bits per heavy atom. The van der Waals surface area contributed by atoms with Crippen LogP contribution in [0.15, 0.2) is 85.2 Å². The Morgan fingerprint density at radius 3 is 2.29 bits per heavy atom. The molecular weight excluding hydrogens is 755 g/mol. The summed E-state index contributed by atoms with van der Waals surface area (Å²) in [5.41, 5.74) is 3.21. The number of hydrogen-bond acceptors (Lipinski definition) is 8. The number of benzene rings is 3. The van der Waals surface area contributed by atoms with Gasteiger partial charge >= 0.3 is 18.7 Å². The Kier molecular flexibility index (Phi) is 13.5. The van der Waals surface area contributed by atoms with E-state index in [9.17, 15) is 18.4 Å².